The number of aryl methyl sites for hydroxylation is 1. The predicted molar refractivity (Wildman–Crippen MR) is 90.7 cm³/mol. The van der Waals surface area contributed by atoms with E-state index >= 15 is 0 Å². The van der Waals surface area contributed by atoms with Crippen molar-refractivity contribution in [2.75, 3.05) is 13.2 Å². The van der Waals surface area contributed by atoms with Crippen LogP contribution in [0.3, 0.4) is 0 Å². The van der Waals surface area contributed by atoms with Crippen LogP contribution >= 0.6 is 0 Å². The summed E-state index contributed by atoms with van der Waals surface area (Å²) in [4.78, 5) is 12.2. The van der Waals surface area contributed by atoms with Gasteiger partial charge < -0.3 is 9.47 Å². The first-order chi connectivity index (χ1) is 11.6. The Bertz CT molecular complexity index is 803. The van der Waals surface area contributed by atoms with E-state index in [1.165, 1.54) is 0 Å². The van der Waals surface area contributed by atoms with Gasteiger partial charge >= 0.3 is 0 Å². The number of ketones is 1. The van der Waals surface area contributed by atoms with E-state index in [0.717, 1.165) is 16.7 Å². The molecule has 2 aromatic rings. The molecule has 1 aliphatic rings. The Hall–Kier alpha value is -2.80. The molecule has 0 heterocycles. The van der Waals surface area contributed by atoms with Crippen molar-refractivity contribution in [2.24, 2.45) is 0 Å². The van der Waals surface area contributed by atoms with E-state index in [4.69, 9.17) is 14.7 Å². The molecule has 0 N–H and O–H groups in total. The summed E-state index contributed by atoms with van der Waals surface area (Å²) >= 11 is 0. The van der Waals surface area contributed by atoms with Gasteiger partial charge in [0.1, 0.15) is 24.7 Å². The first-order valence-electron chi connectivity index (χ1n) is 8.02. The average Bonchev–Trinajstić information content (AvgIpc) is 2.89. The predicted octanol–water partition coefficient (Wildman–Crippen LogP) is 4.01. The second-order valence-corrected chi connectivity index (χ2v) is 6.03. The molecule has 2 aromatic carbocycles. The molecule has 1 atom stereocenters. The minimum Gasteiger partial charge on any atom is -0.490 e. The van der Waals surface area contributed by atoms with Gasteiger partial charge in [0.25, 0.3) is 0 Å². The Labute approximate surface area is 141 Å². The Balaban J connectivity index is 1.62. The zero-order valence-electron chi connectivity index (χ0n) is 13.8. The van der Waals surface area contributed by atoms with Crippen molar-refractivity contribution in [2.45, 2.75) is 26.2 Å². The van der Waals surface area contributed by atoms with Crippen LogP contribution < -0.4 is 9.47 Å². The first-order valence-corrected chi connectivity index (χ1v) is 8.02. The Kier molecular flexibility index (Phi) is 4.52. The van der Waals surface area contributed by atoms with Crippen LogP contribution in [0.2, 0.25) is 0 Å². The smallest absolute Gasteiger partial charge is 0.167 e. The molecule has 4 heteroatoms. The first kappa shape index (κ1) is 16.1. The van der Waals surface area contributed by atoms with Crippen LogP contribution in [0.25, 0.3) is 0 Å². The molecule has 1 unspecified atom stereocenters. The third kappa shape index (κ3) is 3.11. The van der Waals surface area contributed by atoms with Crippen molar-refractivity contribution in [1.29, 1.82) is 5.26 Å². The van der Waals surface area contributed by atoms with Crippen molar-refractivity contribution < 1.29 is 14.3 Å². The maximum Gasteiger partial charge on any atom is 0.167 e. The van der Waals surface area contributed by atoms with Gasteiger partial charge in [0.05, 0.1) is 17.2 Å². The van der Waals surface area contributed by atoms with Crippen LogP contribution in [-0.4, -0.2) is 19.0 Å². The number of carbonyl (C=O) groups is 1. The maximum absolute atomic E-state index is 12.2. The van der Waals surface area contributed by atoms with Gasteiger partial charge in [0.15, 0.2) is 5.78 Å². The molecule has 122 valence electrons. The largest absolute Gasteiger partial charge is 0.490 e. The zero-order chi connectivity index (χ0) is 17.1. The molecule has 0 amide bonds. The molecule has 24 heavy (non-hydrogen) atoms. The van der Waals surface area contributed by atoms with E-state index in [9.17, 15) is 4.79 Å². The number of Topliss-reactive ketones (excluding diaryl/α,β-unsaturated/α-hetero) is 1. The second-order valence-electron chi connectivity index (χ2n) is 6.03. The number of hydrogen-bond donors (Lipinski definition) is 0. The summed E-state index contributed by atoms with van der Waals surface area (Å²) in [5.41, 5.74) is 3.59. The lowest BCUT2D eigenvalue weighted by molar-refractivity contribution is 0.0985. The van der Waals surface area contributed by atoms with Crippen molar-refractivity contribution in [3.05, 3.63) is 58.7 Å². The third-order valence-electron chi connectivity index (χ3n) is 4.28. The molecule has 0 fully saturated rings. The Morgan fingerprint density at radius 1 is 1.12 bits per heavy atom. The zero-order valence-corrected chi connectivity index (χ0v) is 13.8. The molecule has 1 aliphatic carbocycles. The lowest BCUT2D eigenvalue weighted by atomic mass is 9.97. The van der Waals surface area contributed by atoms with Crippen LogP contribution in [0.5, 0.6) is 11.5 Å². The number of nitrogens with zero attached hydrogens (tertiary/aromatic N) is 1. The van der Waals surface area contributed by atoms with E-state index in [0.29, 0.717) is 36.7 Å². The summed E-state index contributed by atoms with van der Waals surface area (Å²) in [5, 5.41) is 8.77. The minimum absolute atomic E-state index is 0.157. The van der Waals surface area contributed by atoms with Gasteiger partial charge in [-0.2, -0.15) is 5.26 Å². The third-order valence-corrected chi connectivity index (χ3v) is 4.28. The van der Waals surface area contributed by atoms with Gasteiger partial charge in [0.2, 0.25) is 0 Å². The van der Waals surface area contributed by atoms with E-state index in [2.05, 4.69) is 13.0 Å². The summed E-state index contributed by atoms with van der Waals surface area (Å²) in [6.07, 6.45) is 0.554. The van der Waals surface area contributed by atoms with E-state index in [-0.39, 0.29) is 11.7 Å². The highest BCUT2D eigenvalue weighted by atomic mass is 16.5. The quantitative estimate of drug-likeness (QED) is 0.781. The number of ether oxygens (including phenoxy) is 2. The molecule has 0 radical (unpaired) electrons. The summed E-state index contributed by atoms with van der Waals surface area (Å²) in [6, 6.07) is 12.9. The number of nitriles is 1. The Morgan fingerprint density at radius 3 is 2.54 bits per heavy atom. The molecule has 0 bridgehead atoms. The highest BCUT2D eigenvalue weighted by Gasteiger charge is 2.30. The maximum atomic E-state index is 12.2. The van der Waals surface area contributed by atoms with Gasteiger partial charge in [-0.3, -0.25) is 4.79 Å². The molecule has 0 saturated heterocycles. The standard InChI is InChI=1S/C20H19NO3/c1-13-3-8-18(20-17(22)11-14(2)19(13)20)24-10-9-23-16-6-4-15(12-21)5-7-16/h3-8,14H,9-11H2,1-2H3. The van der Waals surface area contributed by atoms with E-state index in [1.807, 2.05) is 19.1 Å². The summed E-state index contributed by atoms with van der Waals surface area (Å²) < 4.78 is 11.4. The molecular formula is C20H19NO3. The molecule has 0 aliphatic heterocycles. The molecular weight excluding hydrogens is 302 g/mol. The van der Waals surface area contributed by atoms with Crippen molar-refractivity contribution in [1.82, 2.24) is 0 Å². The average molecular weight is 321 g/mol. The van der Waals surface area contributed by atoms with Crippen molar-refractivity contribution >= 4 is 5.78 Å². The normalized spacial score (nSPS) is 15.7. The fourth-order valence-corrected chi connectivity index (χ4v) is 3.17. The Morgan fingerprint density at radius 2 is 1.83 bits per heavy atom. The number of carbonyl (C=O) groups excluding carboxylic acids is 1. The van der Waals surface area contributed by atoms with Gasteiger partial charge in [-0.15, -0.1) is 0 Å². The molecule has 0 saturated carbocycles. The number of benzene rings is 2. The monoisotopic (exact) mass is 321 g/mol. The van der Waals surface area contributed by atoms with Gasteiger partial charge in [0, 0.05) is 6.42 Å². The lowest BCUT2D eigenvalue weighted by Gasteiger charge is -2.13. The van der Waals surface area contributed by atoms with Crippen molar-refractivity contribution in [3.8, 4) is 17.6 Å². The molecule has 3 rings (SSSR count). The highest BCUT2D eigenvalue weighted by Crippen LogP contribution is 2.40. The van der Waals surface area contributed by atoms with E-state index < -0.39 is 0 Å². The highest BCUT2D eigenvalue weighted by molar-refractivity contribution is 6.04. The van der Waals surface area contributed by atoms with Crippen LogP contribution in [-0.2, 0) is 0 Å². The SMILES string of the molecule is Cc1ccc(OCCOc2ccc(C#N)cc2)c2c1C(C)CC2=O. The summed E-state index contributed by atoms with van der Waals surface area (Å²) in [5.74, 6) is 1.75. The molecule has 4 nitrogen and oxygen atoms in total. The minimum atomic E-state index is 0.157. The molecule has 0 aromatic heterocycles. The van der Waals surface area contributed by atoms with Gasteiger partial charge in [-0.25, -0.2) is 0 Å². The van der Waals surface area contributed by atoms with Gasteiger partial charge in [-0.1, -0.05) is 13.0 Å². The van der Waals surface area contributed by atoms with Crippen LogP contribution in [0.4, 0.5) is 0 Å². The van der Waals surface area contributed by atoms with Crippen molar-refractivity contribution in [3.63, 3.8) is 0 Å². The second kappa shape index (κ2) is 6.76. The summed E-state index contributed by atoms with van der Waals surface area (Å²) in [6.45, 7) is 4.84. The fourth-order valence-electron chi connectivity index (χ4n) is 3.17. The number of rotatable bonds is 5. The molecule has 0 spiro atoms. The van der Waals surface area contributed by atoms with E-state index in [1.54, 1.807) is 24.3 Å². The van der Waals surface area contributed by atoms with Gasteiger partial charge in [-0.05, 0) is 54.3 Å². The topological polar surface area (TPSA) is 59.3 Å². The fraction of sp³-hybridized carbons (Fsp3) is 0.300. The van der Waals surface area contributed by atoms with Crippen LogP contribution in [0.15, 0.2) is 36.4 Å². The number of fused-ring (bicyclic) bond motifs is 1. The van der Waals surface area contributed by atoms with Crippen LogP contribution in [0, 0.1) is 18.3 Å². The summed E-state index contributed by atoms with van der Waals surface area (Å²) in [7, 11) is 0. The number of hydrogen-bond acceptors (Lipinski definition) is 4. The lowest BCUT2D eigenvalue weighted by Crippen LogP contribution is -2.11. The van der Waals surface area contributed by atoms with Crippen LogP contribution in [0.1, 0.15) is 46.3 Å².